The second kappa shape index (κ2) is 10.4. The molecule has 0 atom stereocenters. The molecular formula is C29H23IN2O4. The molecule has 1 N–H and O–H groups in total. The van der Waals surface area contributed by atoms with E-state index in [1.807, 2.05) is 48.5 Å². The van der Waals surface area contributed by atoms with E-state index in [1.165, 1.54) is 10.3 Å². The Balaban J connectivity index is 1.34. The van der Waals surface area contributed by atoms with E-state index in [9.17, 15) is 9.59 Å². The van der Waals surface area contributed by atoms with Gasteiger partial charge in [-0.25, -0.2) is 4.79 Å². The first-order chi connectivity index (χ1) is 17.5. The lowest BCUT2D eigenvalue weighted by atomic mass is 10.1. The van der Waals surface area contributed by atoms with Gasteiger partial charge in [-0.2, -0.15) is 0 Å². The van der Waals surface area contributed by atoms with Crippen LogP contribution in [0.5, 0.6) is 11.5 Å². The van der Waals surface area contributed by atoms with Crippen LogP contribution in [0.2, 0.25) is 0 Å². The van der Waals surface area contributed by atoms with E-state index in [4.69, 9.17) is 9.47 Å². The molecule has 0 aliphatic carbocycles. The third kappa shape index (κ3) is 5.06. The highest BCUT2D eigenvalue weighted by Crippen LogP contribution is 2.35. The number of rotatable bonds is 7. The highest BCUT2D eigenvalue weighted by molar-refractivity contribution is 14.1. The molecule has 6 nitrogen and oxygen atoms in total. The van der Waals surface area contributed by atoms with Crippen LogP contribution >= 0.6 is 22.6 Å². The average Bonchev–Trinajstić information content (AvgIpc) is 3.15. The molecule has 0 aromatic heterocycles. The van der Waals surface area contributed by atoms with Crippen molar-refractivity contribution in [3.8, 4) is 11.5 Å². The van der Waals surface area contributed by atoms with Crippen molar-refractivity contribution in [2.75, 3.05) is 7.11 Å². The number of amides is 3. The van der Waals surface area contributed by atoms with E-state index < -0.39 is 6.03 Å². The molecule has 0 unspecified atom stereocenters. The van der Waals surface area contributed by atoms with Gasteiger partial charge in [0, 0.05) is 0 Å². The van der Waals surface area contributed by atoms with Crippen molar-refractivity contribution >= 4 is 51.4 Å². The molecule has 0 bridgehead atoms. The summed E-state index contributed by atoms with van der Waals surface area (Å²) in [6.07, 6.45) is 1.66. The Morgan fingerprint density at radius 2 is 1.64 bits per heavy atom. The van der Waals surface area contributed by atoms with Crippen molar-refractivity contribution in [2.24, 2.45) is 0 Å². The fourth-order valence-electron chi connectivity index (χ4n) is 4.10. The minimum Gasteiger partial charge on any atom is -0.493 e. The van der Waals surface area contributed by atoms with E-state index in [0.29, 0.717) is 18.1 Å². The molecule has 0 spiro atoms. The molecule has 5 rings (SSSR count). The molecule has 7 heteroatoms. The highest BCUT2D eigenvalue weighted by Gasteiger charge is 2.33. The van der Waals surface area contributed by atoms with Gasteiger partial charge in [0.25, 0.3) is 5.91 Å². The van der Waals surface area contributed by atoms with Gasteiger partial charge in [-0.05, 0) is 74.3 Å². The summed E-state index contributed by atoms with van der Waals surface area (Å²) in [6, 6.07) is 27.1. The normalized spacial score (nSPS) is 14.4. The number of hydrogen-bond acceptors (Lipinski definition) is 4. The van der Waals surface area contributed by atoms with Crippen molar-refractivity contribution in [1.29, 1.82) is 0 Å². The standard InChI is InChI=1S/C29H23IN2O4/c1-35-26-16-21(15-25-28(33)32(29(34)31-25)17-19-7-3-2-4-8-19)14-24(30)27(26)36-18-20-11-12-22-9-5-6-10-23(22)13-20/h2-16H,17-18H2,1H3,(H,31,34)/b25-15+. The third-order valence-electron chi connectivity index (χ3n) is 5.91. The number of hydrogen-bond donors (Lipinski definition) is 1. The monoisotopic (exact) mass is 590 g/mol. The van der Waals surface area contributed by atoms with Crippen LogP contribution in [0.1, 0.15) is 16.7 Å². The summed E-state index contributed by atoms with van der Waals surface area (Å²) in [4.78, 5) is 26.5. The number of urea groups is 1. The number of methoxy groups -OCH3 is 1. The maximum Gasteiger partial charge on any atom is 0.329 e. The topological polar surface area (TPSA) is 67.9 Å². The maximum absolute atomic E-state index is 12.9. The number of benzene rings is 4. The molecule has 4 aromatic carbocycles. The Kier molecular flexibility index (Phi) is 6.90. The van der Waals surface area contributed by atoms with Crippen LogP contribution < -0.4 is 14.8 Å². The Morgan fingerprint density at radius 1 is 0.889 bits per heavy atom. The largest absolute Gasteiger partial charge is 0.493 e. The lowest BCUT2D eigenvalue weighted by molar-refractivity contribution is -0.123. The number of nitrogens with one attached hydrogen (secondary N) is 1. The zero-order chi connectivity index (χ0) is 25.1. The van der Waals surface area contributed by atoms with Crippen molar-refractivity contribution in [2.45, 2.75) is 13.2 Å². The van der Waals surface area contributed by atoms with Gasteiger partial charge < -0.3 is 14.8 Å². The van der Waals surface area contributed by atoms with Gasteiger partial charge in [-0.15, -0.1) is 0 Å². The van der Waals surface area contributed by atoms with Crippen LogP contribution in [0.3, 0.4) is 0 Å². The van der Waals surface area contributed by atoms with Gasteiger partial charge >= 0.3 is 6.03 Å². The summed E-state index contributed by atoms with van der Waals surface area (Å²) in [6.45, 7) is 0.603. The minimum absolute atomic E-state index is 0.214. The van der Waals surface area contributed by atoms with E-state index in [-0.39, 0.29) is 18.1 Å². The molecule has 1 fully saturated rings. The molecule has 0 radical (unpaired) electrons. The predicted molar refractivity (Wildman–Crippen MR) is 147 cm³/mol. The summed E-state index contributed by atoms with van der Waals surface area (Å²) in [5.41, 5.74) is 2.88. The smallest absolute Gasteiger partial charge is 0.329 e. The lowest BCUT2D eigenvalue weighted by Crippen LogP contribution is -2.30. The first-order valence-electron chi connectivity index (χ1n) is 11.4. The number of carbonyl (C=O) groups is 2. The third-order valence-corrected chi connectivity index (χ3v) is 6.71. The Morgan fingerprint density at radius 3 is 2.42 bits per heavy atom. The summed E-state index contributed by atoms with van der Waals surface area (Å²) in [5.74, 6) is 0.808. The molecule has 1 aliphatic heterocycles. The quantitative estimate of drug-likeness (QED) is 0.160. The van der Waals surface area contributed by atoms with Crippen molar-refractivity contribution < 1.29 is 19.1 Å². The van der Waals surface area contributed by atoms with Crippen LogP contribution in [0, 0.1) is 3.57 Å². The highest BCUT2D eigenvalue weighted by atomic mass is 127. The molecule has 1 saturated heterocycles. The first-order valence-corrected chi connectivity index (χ1v) is 12.5. The van der Waals surface area contributed by atoms with Crippen molar-refractivity contribution in [1.82, 2.24) is 10.2 Å². The van der Waals surface area contributed by atoms with E-state index in [1.54, 1.807) is 19.3 Å². The van der Waals surface area contributed by atoms with Gasteiger partial charge in [-0.1, -0.05) is 66.7 Å². The number of fused-ring (bicyclic) bond motifs is 1. The zero-order valence-corrected chi connectivity index (χ0v) is 21.7. The summed E-state index contributed by atoms with van der Waals surface area (Å²) in [5, 5.41) is 5.02. The predicted octanol–water partition coefficient (Wildman–Crippen LogP) is 6.12. The second-order valence-corrected chi connectivity index (χ2v) is 9.53. The first kappa shape index (κ1) is 23.9. The van der Waals surface area contributed by atoms with E-state index >= 15 is 0 Å². The summed E-state index contributed by atoms with van der Waals surface area (Å²) >= 11 is 2.19. The fourth-order valence-corrected chi connectivity index (χ4v) is 4.88. The zero-order valence-electron chi connectivity index (χ0n) is 19.5. The number of imide groups is 1. The van der Waals surface area contributed by atoms with Gasteiger partial charge in [0.15, 0.2) is 11.5 Å². The molecule has 1 heterocycles. The van der Waals surface area contributed by atoms with Gasteiger partial charge in [0.2, 0.25) is 0 Å². The van der Waals surface area contributed by atoms with Crippen LogP contribution in [0.15, 0.2) is 90.6 Å². The van der Waals surface area contributed by atoms with Crippen LogP contribution in [0.4, 0.5) is 4.79 Å². The van der Waals surface area contributed by atoms with Gasteiger partial charge in [0.1, 0.15) is 12.3 Å². The summed E-state index contributed by atoms with van der Waals surface area (Å²) in [7, 11) is 1.58. The maximum atomic E-state index is 12.9. The van der Waals surface area contributed by atoms with Crippen molar-refractivity contribution in [3.63, 3.8) is 0 Å². The van der Waals surface area contributed by atoms with Gasteiger partial charge in [-0.3, -0.25) is 9.69 Å². The van der Waals surface area contributed by atoms with E-state index in [2.05, 4.69) is 58.2 Å². The van der Waals surface area contributed by atoms with Gasteiger partial charge in [0.05, 0.1) is 17.2 Å². The molecule has 0 saturated carbocycles. The van der Waals surface area contributed by atoms with Crippen LogP contribution in [0.25, 0.3) is 16.8 Å². The molecule has 180 valence electrons. The van der Waals surface area contributed by atoms with Crippen LogP contribution in [-0.4, -0.2) is 23.9 Å². The molecule has 4 aromatic rings. The van der Waals surface area contributed by atoms with Crippen LogP contribution in [-0.2, 0) is 17.9 Å². The fraction of sp³-hybridized carbons (Fsp3) is 0.103. The Hall–Kier alpha value is -3.85. The minimum atomic E-state index is -0.438. The van der Waals surface area contributed by atoms with Crippen molar-refractivity contribution in [3.05, 3.63) is 111 Å². The lowest BCUT2D eigenvalue weighted by Gasteiger charge is -2.14. The summed E-state index contributed by atoms with van der Waals surface area (Å²) < 4.78 is 12.6. The molecule has 36 heavy (non-hydrogen) atoms. The molecule has 3 amide bonds. The van der Waals surface area contributed by atoms with E-state index in [0.717, 1.165) is 25.6 Å². The Bertz CT molecular complexity index is 1480. The molecule has 1 aliphatic rings. The number of ether oxygens (including phenoxy) is 2. The SMILES string of the molecule is COc1cc(/C=C2/NC(=O)N(Cc3ccccc3)C2=O)cc(I)c1OCc1ccc2ccccc2c1. The molecular weight excluding hydrogens is 567 g/mol. The number of halogens is 1. The average molecular weight is 590 g/mol. The second-order valence-electron chi connectivity index (χ2n) is 8.37. The Labute approximate surface area is 222 Å². The number of carbonyl (C=O) groups excluding carboxylic acids is 2. The number of nitrogens with zero attached hydrogens (tertiary/aromatic N) is 1.